The molecule has 0 bridgehead atoms. The zero-order valence-corrected chi connectivity index (χ0v) is 9.48. The molecular formula is C10H8N2O4S. The Morgan fingerprint density at radius 1 is 1.41 bits per heavy atom. The van der Waals surface area contributed by atoms with Gasteiger partial charge >= 0.3 is 5.97 Å². The van der Waals surface area contributed by atoms with Gasteiger partial charge in [-0.3, -0.25) is 4.79 Å². The number of aromatic nitrogens is 2. The minimum absolute atomic E-state index is 0.229. The second-order valence-corrected chi connectivity index (χ2v) is 4.57. The van der Waals surface area contributed by atoms with E-state index in [1.807, 2.05) is 0 Å². The highest BCUT2D eigenvalue weighted by Gasteiger charge is 2.29. The predicted molar refractivity (Wildman–Crippen MR) is 57.2 cm³/mol. The molecule has 1 saturated heterocycles. The normalized spacial score (nSPS) is 19.5. The molecule has 0 spiro atoms. The van der Waals surface area contributed by atoms with Crippen molar-refractivity contribution in [3.8, 4) is 11.7 Å². The van der Waals surface area contributed by atoms with Gasteiger partial charge in [0.2, 0.25) is 0 Å². The molecule has 1 fully saturated rings. The lowest BCUT2D eigenvalue weighted by Crippen LogP contribution is -2.09. The van der Waals surface area contributed by atoms with Gasteiger partial charge in [-0.15, -0.1) is 10.2 Å². The number of esters is 1. The van der Waals surface area contributed by atoms with E-state index in [9.17, 15) is 4.79 Å². The van der Waals surface area contributed by atoms with Crippen molar-refractivity contribution in [2.24, 2.45) is 0 Å². The molecule has 0 unspecified atom stereocenters. The number of furan rings is 1. The third-order valence-electron chi connectivity index (χ3n) is 2.27. The quantitative estimate of drug-likeness (QED) is 0.770. The maximum Gasteiger partial charge on any atom is 0.319 e. The average Bonchev–Trinajstić information content (AvgIpc) is 3.02. The summed E-state index contributed by atoms with van der Waals surface area (Å²) in [5.41, 5.74) is 0. The van der Waals surface area contributed by atoms with Crippen LogP contribution in [0, 0.1) is 0 Å². The number of ether oxygens (including phenoxy) is 1. The van der Waals surface area contributed by atoms with Crippen molar-refractivity contribution < 1.29 is 18.4 Å². The van der Waals surface area contributed by atoms with Gasteiger partial charge in [-0.2, -0.15) is 0 Å². The molecule has 2 aromatic rings. The third kappa shape index (κ3) is 2.05. The standard InChI is InChI=1S/C10H8N2O4S/c13-9-7(3-5-15-9)17-10-12-11-8(16-10)6-2-1-4-14-6/h1-2,4,7H,3,5H2/t7-/m1/s1. The highest BCUT2D eigenvalue weighted by Crippen LogP contribution is 2.30. The first-order valence-electron chi connectivity index (χ1n) is 5.03. The average molecular weight is 252 g/mol. The van der Waals surface area contributed by atoms with E-state index in [-0.39, 0.29) is 11.2 Å². The molecule has 0 radical (unpaired) electrons. The molecule has 1 atom stereocenters. The van der Waals surface area contributed by atoms with E-state index in [0.717, 1.165) is 0 Å². The smallest absolute Gasteiger partial charge is 0.319 e. The van der Waals surface area contributed by atoms with Crippen LogP contribution in [-0.2, 0) is 9.53 Å². The molecule has 6 nitrogen and oxygen atoms in total. The highest BCUT2D eigenvalue weighted by molar-refractivity contribution is 8.00. The van der Waals surface area contributed by atoms with E-state index in [1.54, 1.807) is 12.1 Å². The summed E-state index contributed by atoms with van der Waals surface area (Å²) >= 11 is 1.22. The molecule has 2 aromatic heterocycles. The van der Waals surface area contributed by atoms with Gasteiger partial charge in [-0.1, -0.05) is 0 Å². The molecule has 3 heterocycles. The summed E-state index contributed by atoms with van der Waals surface area (Å²) in [5.74, 6) is 0.593. The van der Waals surface area contributed by atoms with Crippen LogP contribution in [-0.4, -0.2) is 28.0 Å². The van der Waals surface area contributed by atoms with E-state index >= 15 is 0 Å². The maximum atomic E-state index is 11.3. The van der Waals surface area contributed by atoms with Crippen LogP contribution in [0.5, 0.6) is 0 Å². The largest absolute Gasteiger partial charge is 0.465 e. The van der Waals surface area contributed by atoms with Crippen LogP contribution >= 0.6 is 11.8 Å². The third-order valence-corrected chi connectivity index (χ3v) is 3.35. The highest BCUT2D eigenvalue weighted by atomic mass is 32.2. The van der Waals surface area contributed by atoms with Crippen molar-refractivity contribution in [1.29, 1.82) is 0 Å². The number of nitrogens with zero attached hydrogens (tertiary/aromatic N) is 2. The van der Waals surface area contributed by atoms with E-state index < -0.39 is 0 Å². The van der Waals surface area contributed by atoms with Gasteiger partial charge < -0.3 is 13.6 Å². The van der Waals surface area contributed by atoms with Crippen molar-refractivity contribution in [3.05, 3.63) is 18.4 Å². The van der Waals surface area contributed by atoms with Crippen LogP contribution in [0.25, 0.3) is 11.7 Å². The van der Waals surface area contributed by atoms with Gasteiger partial charge in [-0.25, -0.2) is 0 Å². The van der Waals surface area contributed by atoms with Gasteiger partial charge in [0.15, 0.2) is 5.76 Å². The van der Waals surface area contributed by atoms with E-state index in [1.165, 1.54) is 18.0 Å². The number of carbonyl (C=O) groups is 1. The van der Waals surface area contributed by atoms with E-state index in [2.05, 4.69) is 10.2 Å². The predicted octanol–water partition coefficient (Wildman–Crippen LogP) is 1.74. The summed E-state index contributed by atoms with van der Waals surface area (Å²) < 4.78 is 15.4. The molecule has 17 heavy (non-hydrogen) atoms. The van der Waals surface area contributed by atoms with E-state index in [4.69, 9.17) is 13.6 Å². The minimum atomic E-state index is -0.250. The molecule has 0 aromatic carbocycles. The van der Waals surface area contributed by atoms with Crippen LogP contribution in [0.1, 0.15) is 6.42 Å². The number of rotatable bonds is 3. The lowest BCUT2D eigenvalue weighted by Gasteiger charge is -1.98. The Bertz CT molecular complexity index is 522. The zero-order chi connectivity index (χ0) is 11.7. The number of hydrogen-bond donors (Lipinski definition) is 0. The van der Waals surface area contributed by atoms with Crippen LogP contribution in [0.15, 0.2) is 32.5 Å². The summed E-state index contributed by atoms with van der Waals surface area (Å²) in [6.45, 7) is 0.454. The number of hydrogen-bond acceptors (Lipinski definition) is 7. The Morgan fingerprint density at radius 3 is 3.06 bits per heavy atom. The monoisotopic (exact) mass is 252 g/mol. The van der Waals surface area contributed by atoms with Gasteiger partial charge in [0, 0.05) is 6.42 Å². The van der Waals surface area contributed by atoms with Gasteiger partial charge in [0.1, 0.15) is 5.25 Å². The molecule has 7 heteroatoms. The fourth-order valence-corrected chi connectivity index (χ4v) is 2.30. The first kappa shape index (κ1) is 10.4. The van der Waals surface area contributed by atoms with E-state index in [0.29, 0.717) is 29.9 Å². The van der Waals surface area contributed by atoms with Crippen molar-refractivity contribution in [2.45, 2.75) is 16.9 Å². The van der Waals surface area contributed by atoms with Gasteiger partial charge in [0.05, 0.1) is 12.9 Å². The molecule has 0 N–H and O–H groups in total. The molecular weight excluding hydrogens is 244 g/mol. The van der Waals surface area contributed by atoms with Crippen molar-refractivity contribution >= 4 is 17.7 Å². The SMILES string of the molecule is O=C1OCC[C@H]1Sc1nnc(-c2ccco2)o1. The minimum Gasteiger partial charge on any atom is -0.465 e. The summed E-state index contributed by atoms with van der Waals surface area (Å²) in [6.07, 6.45) is 2.20. The Labute approximate surface area is 100 Å². The Hall–Kier alpha value is -1.76. The summed E-state index contributed by atoms with van der Waals surface area (Å²) in [6, 6.07) is 3.46. The molecule has 1 aliphatic rings. The molecule has 0 saturated carbocycles. The Balaban J connectivity index is 1.75. The van der Waals surface area contributed by atoms with Crippen LogP contribution in [0.4, 0.5) is 0 Å². The lowest BCUT2D eigenvalue weighted by atomic mass is 10.4. The fraction of sp³-hybridized carbons (Fsp3) is 0.300. The molecule has 3 rings (SSSR count). The van der Waals surface area contributed by atoms with Crippen molar-refractivity contribution in [1.82, 2.24) is 10.2 Å². The molecule has 0 amide bonds. The van der Waals surface area contributed by atoms with Crippen LogP contribution in [0.2, 0.25) is 0 Å². The zero-order valence-electron chi connectivity index (χ0n) is 8.66. The van der Waals surface area contributed by atoms with Crippen molar-refractivity contribution in [2.75, 3.05) is 6.61 Å². The number of cyclic esters (lactones) is 1. The number of carbonyl (C=O) groups excluding carboxylic acids is 1. The van der Waals surface area contributed by atoms with Gasteiger partial charge in [-0.05, 0) is 23.9 Å². The first-order valence-corrected chi connectivity index (χ1v) is 5.91. The summed E-state index contributed by atoms with van der Waals surface area (Å²) in [5, 5.41) is 7.79. The van der Waals surface area contributed by atoms with Crippen molar-refractivity contribution in [3.63, 3.8) is 0 Å². The second-order valence-electron chi connectivity index (χ2n) is 3.41. The summed E-state index contributed by atoms with van der Waals surface area (Å²) in [7, 11) is 0. The first-order chi connectivity index (χ1) is 8.33. The molecule has 88 valence electrons. The maximum absolute atomic E-state index is 11.3. The Kier molecular flexibility index (Phi) is 2.60. The van der Waals surface area contributed by atoms with Crippen LogP contribution < -0.4 is 0 Å². The number of thioether (sulfide) groups is 1. The second kappa shape index (κ2) is 4.25. The molecule has 1 aliphatic heterocycles. The fourth-order valence-electron chi connectivity index (χ4n) is 1.46. The van der Waals surface area contributed by atoms with Crippen LogP contribution in [0.3, 0.4) is 0 Å². The topological polar surface area (TPSA) is 78.4 Å². The molecule has 0 aliphatic carbocycles. The lowest BCUT2D eigenvalue weighted by molar-refractivity contribution is -0.137. The Morgan fingerprint density at radius 2 is 2.35 bits per heavy atom. The van der Waals surface area contributed by atoms with Gasteiger partial charge in [0.25, 0.3) is 11.1 Å². The summed E-state index contributed by atoms with van der Waals surface area (Å²) in [4.78, 5) is 11.3.